The van der Waals surface area contributed by atoms with Crippen LogP contribution in [-0.4, -0.2) is 27.2 Å². The Labute approximate surface area is 95.8 Å². The van der Waals surface area contributed by atoms with E-state index in [9.17, 15) is 0 Å². The van der Waals surface area contributed by atoms with E-state index >= 15 is 0 Å². The summed E-state index contributed by atoms with van der Waals surface area (Å²) in [5, 5.41) is 0.719. The molecule has 84 valence electrons. The van der Waals surface area contributed by atoms with Crippen molar-refractivity contribution >= 4 is 17.3 Å². The first-order valence-corrected chi connectivity index (χ1v) is 5.23. The Morgan fingerprint density at radius 2 is 2.13 bits per heavy atom. The Bertz CT molecular complexity index is 342. The minimum Gasteiger partial charge on any atom is -0.495 e. The summed E-state index contributed by atoms with van der Waals surface area (Å²) >= 11 is 6.02. The lowest BCUT2D eigenvalue weighted by molar-refractivity contribution is 0.415. The van der Waals surface area contributed by atoms with Gasteiger partial charge in [0, 0.05) is 31.2 Å². The minimum atomic E-state index is 0.612. The maximum Gasteiger partial charge on any atom is 0.143 e. The number of methoxy groups -OCH3 is 1. The van der Waals surface area contributed by atoms with Crippen molar-refractivity contribution in [1.29, 1.82) is 0 Å². The highest BCUT2D eigenvalue weighted by Gasteiger charge is 2.10. The number of ether oxygens (including phenoxy) is 1. The Hall–Kier alpha value is -0.930. The van der Waals surface area contributed by atoms with Gasteiger partial charge in [-0.2, -0.15) is 0 Å². The minimum absolute atomic E-state index is 0.612. The van der Waals surface area contributed by atoms with E-state index in [1.54, 1.807) is 7.11 Å². The molecule has 1 rings (SSSR count). The summed E-state index contributed by atoms with van der Waals surface area (Å²) < 4.78 is 5.28. The topological polar surface area (TPSA) is 38.5 Å². The van der Waals surface area contributed by atoms with Crippen molar-refractivity contribution in [2.75, 3.05) is 32.1 Å². The molecule has 1 aromatic carbocycles. The first-order valence-electron chi connectivity index (χ1n) is 4.85. The van der Waals surface area contributed by atoms with Crippen LogP contribution in [0.1, 0.15) is 5.56 Å². The molecule has 0 aromatic heterocycles. The van der Waals surface area contributed by atoms with Gasteiger partial charge in [0.2, 0.25) is 0 Å². The van der Waals surface area contributed by atoms with Crippen LogP contribution in [0.2, 0.25) is 5.02 Å². The van der Waals surface area contributed by atoms with Crippen LogP contribution in [0.5, 0.6) is 5.75 Å². The van der Waals surface area contributed by atoms with Crippen molar-refractivity contribution in [1.82, 2.24) is 0 Å². The van der Waals surface area contributed by atoms with E-state index in [1.807, 2.05) is 26.1 Å². The SMILES string of the molecule is COc1cc(Cl)c(C)cc1N(C)CCN. The summed E-state index contributed by atoms with van der Waals surface area (Å²) in [5.41, 5.74) is 7.57. The van der Waals surface area contributed by atoms with Gasteiger partial charge in [0.05, 0.1) is 12.8 Å². The summed E-state index contributed by atoms with van der Waals surface area (Å²) in [5.74, 6) is 0.779. The lowest BCUT2D eigenvalue weighted by atomic mass is 10.2. The van der Waals surface area contributed by atoms with Crippen LogP contribution < -0.4 is 15.4 Å². The average molecular weight is 229 g/mol. The maximum atomic E-state index is 6.02. The molecular weight excluding hydrogens is 212 g/mol. The van der Waals surface area contributed by atoms with Gasteiger partial charge in [-0.1, -0.05) is 11.6 Å². The number of halogens is 1. The molecule has 4 heteroatoms. The largest absolute Gasteiger partial charge is 0.495 e. The van der Waals surface area contributed by atoms with Crippen molar-refractivity contribution in [2.24, 2.45) is 5.73 Å². The third kappa shape index (κ3) is 2.76. The fourth-order valence-electron chi connectivity index (χ4n) is 1.42. The fraction of sp³-hybridized carbons (Fsp3) is 0.455. The predicted molar refractivity (Wildman–Crippen MR) is 65.1 cm³/mol. The standard InChI is InChI=1S/C11H17ClN2O/c1-8-6-10(14(2)5-4-13)11(15-3)7-9(8)12/h6-7H,4-5,13H2,1-3H3. The molecule has 0 atom stereocenters. The molecular formula is C11H17ClN2O. The van der Waals surface area contributed by atoms with E-state index in [0.29, 0.717) is 6.54 Å². The number of likely N-dealkylation sites (N-methyl/N-ethyl adjacent to an activating group) is 1. The van der Waals surface area contributed by atoms with Gasteiger partial charge in [0.15, 0.2) is 0 Å². The number of nitrogens with zero attached hydrogens (tertiary/aromatic N) is 1. The quantitative estimate of drug-likeness (QED) is 0.858. The van der Waals surface area contributed by atoms with Crippen LogP contribution in [0.4, 0.5) is 5.69 Å². The summed E-state index contributed by atoms with van der Waals surface area (Å²) in [6, 6.07) is 3.84. The number of aryl methyl sites for hydroxylation is 1. The normalized spacial score (nSPS) is 10.2. The maximum absolute atomic E-state index is 6.02. The van der Waals surface area contributed by atoms with Crippen LogP contribution >= 0.6 is 11.6 Å². The van der Waals surface area contributed by atoms with Gasteiger partial charge in [0.1, 0.15) is 5.75 Å². The molecule has 0 aliphatic rings. The zero-order valence-corrected chi connectivity index (χ0v) is 10.1. The van der Waals surface area contributed by atoms with Crippen LogP contribution in [0.15, 0.2) is 12.1 Å². The number of hydrogen-bond acceptors (Lipinski definition) is 3. The van der Waals surface area contributed by atoms with Gasteiger partial charge < -0.3 is 15.4 Å². The van der Waals surface area contributed by atoms with Crippen LogP contribution in [0, 0.1) is 6.92 Å². The monoisotopic (exact) mass is 228 g/mol. The molecule has 0 spiro atoms. The second-order valence-electron chi connectivity index (χ2n) is 3.48. The zero-order valence-electron chi connectivity index (χ0n) is 9.38. The van der Waals surface area contributed by atoms with Gasteiger partial charge in [-0.05, 0) is 18.6 Å². The van der Waals surface area contributed by atoms with E-state index in [-0.39, 0.29) is 0 Å². The second kappa shape index (κ2) is 5.24. The summed E-state index contributed by atoms with van der Waals surface area (Å²) in [7, 11) is 3.62. The van der Waals surface area contributed by atoms with Crippen molar-refractivity contribution in [3.05, 3.63) is 22.7 Å². The molecule has 1 aromatic rings. The van der Waals surface area contributed by atoms with E-state index in [0.717, 1.165) is 28.6 Å². The number of nitrogens with two attached hydrogens (primary N) is 1. The molecule has 0 saturated heterocycles. The zero-order chi connectivity index (χ0) is 11.4. The summed E-state index contributed by atoms with van der Waals surface area (Å²) in [4.78, 5) is 2.06. The number of anilines is 1. The summed E-state index contributed by atoms with van der Waals surface area (Å²) in [6.45, 7) is 3.38. The van der Waals surface area contributed by atoms with Crippen molar-refractivity contribution in [3.63, 3.8) is 0 Å². The third-order valence-corrected chi connectivity index (χ3v) is 2.74. The highest BCUT2D eigenvalue weighted by atomic mass is 35.5. The van der Waals surface area contributed by atoms with Gasteiger partial charge >= 0.3 is 0 Å². The van der Waals surface area contributed by atoms with E-state index in [1.165, 1.54) is 0 Å². The smallest absolute Gasteiger partial charge is 0.143 e. The van der Waals surface area contributed by atoms with Gasteiger partial charge in [-0.15, -0.1) is 0 Å². The Balaban J connectivity index is 3.09. The number of benzene rings is 1. The van der Waals surface area contributed by atoms with Gasteiger partial charge in [-0.25, -0.2) is 0 Å². The molecule has 0 heterocycles. The molecule has 3 nitrogen and oxygen atoms in total. The lowest BCUT2D eigenvalue weighted by Crippen LogP contribution is -2.25. The summed E-state index contributed by atoms with van der Waals surface area (Å²) in [6.07, 6.45) is 0. The Morgan fingerprint density at radius 1 is 1.47 bits per heavy atom. The number of hydrogen-bond donors (Lipinski definition) is 1. The van der Waals surface area contributed by atoms with Crippen LogP contribution in [0.3, 0.4) is 0 Å². The van der Waals surface area contributed by atoms with Crippen molar-refractivity contribution in [3.8, 4) is 5.75 Å². The van der Waals surface area contributed by atoms with Crippen molar-refractivity contribution in [2.45, 2.75) is 6.92 Å². The highest BCUT2D eigenvalue weighted by molar-refractivity contribution is 6.31. The Kier molecular flexibility index (Phi) is 4.24. The van der Waals surface area contributed by atoms with Crippen molar-refractivity contribution < 1.29 is 4.74 Å². The lowest BCUT2D eigenvalue weighted by Gasteiger charge is -2.21. The van der Waals surface area contributed by atoms with Gasteiger partial charge in [-0.3, -0.25) is 0 Å². The third-order valence-electron chi connectivity index (χ3n) is 2.34. The Morgan fingerprint density at radius 3 is 2.67 bits per heavy atom. The first kappa shape index (κ1) is 12.1. The molecule has 0 fully saturated rings. The fourth-order valence-corrected chi connectivity index (χ4v) is 1.58. The molecule has 2 N–H and O–H groups in total. The van der Waals surface area contributed by atoms with Gasteiger partial charge in [0.25, 0.3) is 0 Å². The molecule has 0 saturated carbocycles. The molecule has 0 aliphatic heterocycles. The molecule has 0 amide bonds. The van der Waals surface area contributed by atoms with Crippen LogP contribution in [-0.2, 0) is 0 Å². The van der Waals surface area contributed by atoms with Crippen LogP contribution in [0.25, 0.3) is 0 Å². The molecule has 0 aliphatic carbocycles. The molecule has 0 unspecified atom stereocenters. The first-order chi connectivity index (χ1) is 7.10. The second-order valence-corrected chi connectivity index (χ2v) is 3.89. The van der Waals surface area contributed by atoms with E-state index < -0.39 is 0 Å². The highest BCUT2D eigenvalue weighted by Crippen LogP contribution is 2.32. The number of rotatable bonds is 4. The predicted octanol–water partition coefficient (Wildman–Crippen LogP) is 2.05. The molecule has 0 radical (unpaired) electrons. The van der Waals surface area contributed by atoms with E-state index in [2.05, 4.69) is 4.90 Å². The molecule has 15 heavy (non-hydrogen) atoms. The average Bonchev–Trinajstić information content (AvgIpc) is 2.21. The molecule has 0 bridgehead atoms. The van der Waals surface area contributed by atoms with E-state index in [4.69, 9.17) is 22.1 Å².